The van der Waals surface area contributed by atoms with E-state index in [0.29, 0.717) is 13.2 Å². The number of ether oxygens (including phenoxy) is 1. The van der Waals surface area contributed by atoms with E-state index in [1.54, 1.807) is 0 Å². The van der Waals surface area contributed by atoms with E-state index in [1.807, 2.05) is 42.1 Å². The summed E-state index contributed by atoms with van der Waals surface area (Å²) in [5, 5.41) is 8.24. The van der Waals surface area contributed by atoms with Crippen LogP contribution >= 0.6 is 15.9 Å². The van der Waals surface area contributed by atoms with Gasteiger partial charge >= 0.3 is 0 Å². The zero-order chi connectivity index (χ0) is 13.7. The van der Waals surface area contributed by atoms with Gasteiger partial charge in [-0.15, -0.1) is 5.10 Å². The van der Waals surface area contributed by atoms with Gasteiger partial charge in [-0.2, -0.15) is 0 Å². The smallest absolute Gasteiger partial charge is 0.122 e. The van der Waals surface area contributed by atoms with E-state index < -0.39 is 0 Å². The first-order valence-electron chi connectivity index (χ1n) is 6.43. The van der Waals surface area contributed by atoms with Gasteiger partial charge in [0, 0.05) is 6.20 Å². The fourth-order valence-electron chi connectivity index (χ4n) is 1.74. The van der Waals surface area contributed by atoms with Crippen LogP contribution in [0.25, 0.3) is 0 Å². The third kappa shape index (κ3) is 3.80. The number of aryl methyl sites for hydroxylation is 1. The summed E-state index contributed by atoms with van der Waals surface area (Å²) in [4.78, 5) is 0.276. The predicted molar refractivity (Wildman–Crippen MR) is 78.7 cm³/mol. The number of hydrogen-bond acceptors (Lipinski definition) is 3. The highest BCUT2D eigenvalue weighted by molar-refractivity contribution is 9.09. The molecule has 0 fully saturated rings. The predicted octanol–water partition coefficient (Wildman–Crippen LogP) is 3.51. The molecule has 0 bridgehead atoms. The van der Waals surface area contributed by atoms with Crippen molar-refractivity contribution in [1.29, 1.82) is 0 Å². The molecule has 0 amide bonds. The lowest BCUT2D eigenvalue weighted by atomic mass is 10.2. The van der Waals surface area contributed by atoms with E-state index in [9.17, 15) is 0 Å². The Morgan fingerprint density at radius 1 is 1.37 bits per heavy atom. The Morgan fingerprint density at radius 3 is 2.89 bits per heavy atom. The van der Waals surface area contributed by atoms with Crippen molar-refractivity contribution in [2.24, 2.45) is 0 Å². The molecule has 0 N–H and O–H groups in total. The molecule has 19 heavy (non-hydrogen) atoms. The molecule has 102 valence electrons. The summed E-state index contributed by atoms with van der Waals surface area (Å²) >= 11 is 3.57. The van der Waals surface area contributed by atoms with Crippen LogP contribution in [0.1, 0.15) is 29.4 Å². The fraction of sp³-hybridized carbons (Fsp3) is 0.429. The van der Waals surface area contributed by atoms with Crippen LogP contribution in [0.3, 0.4) is 0 Å². The Morgan fingerprint density at radius 2 is 2.16 bits per heavy atom. The molecule has 0 aliphatic rings. The van der Waals surface area contributed by atoms with Gasteiger partial charge in [0.1, 0.15) is 12.4 Å². The molecule has 5 heteroatoms. The standard InChI is InChI=1S/C14H18BrN3O/c1-3-12(15)13-10-18(17-16-13)8-9-19-14-7-5-4-6-11(14)2/h4-7,10,12H,3,8-9H2,1-2H3. The Labute approximate surface area is 121 Å². The normalized spacial score (nSPS) is 12.4. The lowest BCUT2D eigenvalue weighted by Gasteiger charge is -2.08. The quantitative estimate of drug-likeness (QED) is 0.764. The van der Waals surface area contributed by atoms with Gasteiger partial charge in [-0.05, 0) is 25.0 Å². The number of alkyl halides is 1. The van der Waals surface area contributed by atoms with Crippen molar-refractivity contribution in [1.82, 2.24) is 15.0 Å². The average Bonchev–Trinajstić information content (AvgIpc) is 2.89. The zero-order valence-electron chi connectivity index (χ0n) is 11.2. The number of aromatic nitrogens is 3. The minimum absolute atomic E-state index is 0.276. The highest BCUT2D eigenvalue weighted by Crippen LogP contribution is 2.23. The summed E-state index contributed by atoms with van der Waals surface area (Å²) in [6, 6.07) is 8.01. The van der Waals surface area contributed by atoms with Crippen molar-refractivity contribution in [2.45, 2.75) is 31.6 Å². The van der Waals surface area contributed by atoms with Gasteiger partial charge in [-0.25, -0.2) is 4.68 Å². The molecule has 0 saturated carbocycles. The van der Waals surface area contributed by atoms with Crippen LogP contribution < -0.4 is 4.74 Å². The van der Waals surface area contributed by atoms with Gasteiger partial charge in [0.05, 0.1) is 17.1 Å². The minimum Gasteiger partial charge on any atom is -0.491 e. The van der Waals surface area contributed by atoms with Crippen molar-refractivity contribution in [3.8, 4) is 5.75 Å². The van der Waals surface area contributed by atoms with E-state index in [0.717, 1.165) is 23.4 Å². The number of benzene rings is 1. The molecule has 1 heterocycles. The van der Waals surface area contributed by atoms with Gasteiger partial charge in [-0.3, -0.25) is 0 Å². The summed E-state index contributed by atoms with van der Waals surface area (Å²) in [7, 11) is 0. The number of hydrogen-bond donors (Lipinski definition) is 0. The number of rotatable bonds is 6. The highest BCUT2D eigenvalue weighted by Gasteiger charge is 2.09. The van der Waals surface area contributed by atoms with E-state index in [1.165, 1.54) is 0 Å². The Kier molecular flexibility index (Phi) is 4.96. The summed E-state index contributed by atoms with van der Waals surface area (Å²) in [6.45, 7) is 5.44. The summed E-state index contributed by atoms with van der Waals surface area (Å²) < 4.78 is 7.55. The fourth-order valence-corrected chi connectivity index (χ4v) is 1.95. The van der Waals surface area contributed by atoms with Crippen molar-refractivity contribution >= 4 is 15.9 Å². The molecule has 0 radical (unpaired) electrons. The monoisotopic (exact) mass is 323 g/mol. The maximum atomic E-state index is 5.74. The lowest BCUT2D eigenvalue weighted by Crippen LogP contribution is -2.09. The van der Waals surface area contributed by atoms with Crippen LogP contribution in [0.5, 0.6) is 5.75 Å². The number of para-hydroxylation sites is 1. The second-order valence-electron chi connectivity index (χ2n) is 4.40. The molecule has 1 aromatic heterocycles. The first kappa shape index (κ1) is 14.1. The summed E-state index contributed by atoms with van der Waals surface area (Å²) in [5.74, 6) is 0.926. The van der Waals surface area contributed by atoms with Crippen molar-refractivity contribution < 1.29 is 4.74 Å². The number of nitrogens with zero attached hydrogens (tertiary/aromatic N) is 3. The highest BCUT2D eigenvalue weighted by atomic mass is 79.9. The molecule has 0 spiro atoms. The van der Waals surface area contributed by atoms with Gasteiger partial charge < -0.3 is 4.74 Å². The summed E-state index contributed by atoms with van der Waals surface area (Å²) in [5.41, 5.74) is 2.12. The largest absolute Gasteiger partial charge is 0.491 e. The molecule has 1 unspecified atom stereocenters. The second-order valence-corrected chi connectivity index (χ2v) is 5.50. The third-order valence-corrected chi connectivity index (χ3v) is 4.02. The van der Waals surface area contributed by atoms with Gasteiger partial charge in [0.15, 0.2) is 0 Å². The van der Waals surface area contributed by atoms with E-state index in [4.69, 9.17) is 4.74 Å². The topological polar surface area (TPSA) is 39.9 Å². The Hall–Kier alpha value is -1.36. The van der Waals surface area contributed by atoms with Crippen molar-refractivity contribution in [3.05, 3.63) is 41.7 Å². The van der Waals surface area contributed by atoms with Crippen LogP contribution in [0.4, 0.5) is 0 Å². The first-order valence-corrected chi connectivity index (χ1v) is 7.34. The van der Waals surface area contributed by atoms with E-state index in [2.05, 4.69) is 33.2 Å². The Balaban J connectivity index is 1.86. The van der Waals surface area contributed by atoms with Crippen LogP contribution in [-0.2, 0) is 6.54 Å². The lowest BCUT2D eigenvalue weighted by molar-refractivity contribution is 0.288. The maximum Gasteiger partial charge on any atom is 0.122 e. The molecule has 2 rings (SSSR count). The third-order valence-electron chi connectivity index (χ3n) is 2.91. The average molecular weight is 324 g/mol. The van der Waals surface area contributed by atoms with Gasteiger partial charge in [0.25, 0.3) is 0 Å². The molecule has 0 aliphatic carbocycles. The zero-order valence-corrected chi connectivity index (χ0v) is 12.8. The molecule has 2 aromatic rings. The minimum atomic E-state index is 0.276. The number of halogens is 1. The molecule has 1 atom stereocenters. The first-order chi connectivity index (χ1) is 9.20. The van der Waals surface area contributed by atoms with Gasteiger partial charge in [0.2, 0.25) is 0 Å². The summed E-state index contributed by atoms with van der Waals surface area (Å²) in [6.07, 6.45) is 2.96. The SMILES string of the molecule is CCC(Br)c1cn(CCOc2ccccc2C)nn1. The molecule has 0 aliphatic heterocycles. The molecule has 4 nitrogen and oxygen atoms in total. The van der Waals surface area contributed by atoms with Crippen molar-refractivity contribution in [2.75, 3.05) is 6.61 Å². The van der Waals surface area contributed by atoms with Crippen LogP contribution in [0.15, 0.2) is 30.5 Å². The van der Waals surface area contributed by atoms with Crippen LogP contribution in [-0.4, -0.2) is 21.6 Å². The molecular formula is C14H18BrN3O. The molecule has 0 saturated heterocycles. The van der Waals surface area contributed by atoms with E-state index in [-0.39, 0.29) is 4.83 Å². The molecular weight excluding hydrogens is 306 g/mol. The van der Waals surface area contributed by atoms with E-state index >= 15 is 0 Å². The second kappa shape index (κ2) is 6.70. The van der Waals surface area contributed by atoms with Crippen LogP contribution in [0, 0.1) is 6.92 Å². The Bertz CT molecular complexity index is 527. The van der Waals surface area contributed by atoms with Gasteiger partial charge in [-0.1, -0.05) is 46.3 Å². The maximum absolute atomic E-state index is 5.74. The van der Waals surface area contributed by atoms with Crippen LogP contribution in [0.2, 0.25) is 0 Å². The molecule has 1 aromatic carbocycles. The van der Waals surface area contributed by atoms with Crippen molar-refractivity contribution in [3.63, 3.8) is 0 Å².